The lowest BCUT2D eigenvalue weighted by atomic mass is 9.33. The molecule has 606 valence electrons. The number of sulfone groups is 2. The van der Waals surface area contributed by atoms with Crippen LogP contribution in [0, 0.1) is 90.7 Å². The molecule has 2 heterocycles. The molecule has 109 heavy (non-hydrogen) atoms. The molecule has 10 fully saturated rings. The summed E-state index contributed by atoms with van der Waals surface area (Å²) in [6, 6.07) is 14.5. The van der Waals surface area contributed by atoms with Crippen LogP contribution in [0.4, 0.5) is 26.3 Å². The van der Waals surface area contributed by atoms with Crippen LogP contribution in [0.5, 0.6) is 0 Å². The molecule has 0 aromatic heterocycles. The van der Waals surface area contributed by atoms with Gasteiger partial charge in [0.2, 0.25) is 0 Å². The van der Waals surface area contributed by atoms with E-state index in [0.717, 1.165) is 112 Å². The standard InChI is InChI=1S/C43H62F3N3O5S.C42H60F3N3O5S/c1-38(2)30(28-8-10-29(11-9-28)36(50)54-7)14-17-39(3)33(38)16-18-41(5)34(39)13-12-31-35-32(48(6)37(51)43(44,45)46)15-19-42(35,21-20-40(31,41)4)47-22-23-49-24-26-55(52,53)27-25-49;1-37(2)29(27-7-9-28(10-8-27)35(49)53-6)13-16-38(3)32(37)15-17-40(5)33(38)12-11-30-34-31(47-36(50)42(43,44)45)14-18-41(34,20-19-39(30,40)4)46-21-22-48-23-25-54(51,52)26-24-48/h8-11,14,31-35,47H,12-13,15-27H2,1-7H3;7-10,13,30-34,46H,11-12,14-26H2,1-6H3,(H,47,50)/t31-,32-,33+,34-,35+,39+,40-,41-,42+;30-,31-,32+,33-,34+,38+,39-,40-,41+/m11/s1. The highest BCUT2D eigenvalue weighted by molar-refractivity contribution is 7.91. The van der Waals surface area contributed by atoms with Gasteiger partial charge in [-0.3, -0.25) is 9.59 Å². The van der Waals surface area contributed by atoms with Gasteiger partial charge in [0.15, 0.2) is 19.7 Å². The average molecular weight is 1570 g/mol. The molecular weight excluding hydrogens is 1440 g/mol. The number of carbonyl (C=O) groups is 4. The minimum atomic E-state index is -4.94. The van der Waals surface area contributed by atoms with Gasteiger partial charge in [-0.15, -0.1) is 0 Å². The predicted octanol–water partition coefficient (Wildman–Crippen LogP) is 14.4. The van der Waals surface area contributed by atoms with Crippen molar-refractivity contribution in [2.24, 2.45) is 90.7 Å². The number of fused-ring (bicyclic) bond motifs is 14. The number of nitrogens with zero attached hydrogens (tertiary/aromatic N) is 3. The lowest BCUT2D eigenvalue weighted by molar-refractivity contribution is -0.222. The van der Waals surface area contributed by atoms with E-state index >= 15 is 0 Å². The second-order valence-electron chi connectivity index (χ2n) is 38.4. The number of carbonyl (C=O) groups excluding carboxylic acids is 4. The van der Waals surface area contributed by atoms with Crippen LogP contribution >= 0.6 is 0 Å². The number of amides is 2. The van der Waals surface area contributed by atoms with Gasteiger partial charge in [0, 0.05) is 94.4 Å². The highest BCUT2D eigenvalue weighted by Gasteiger charge is 2.74. The smallest absolute Gasteiger partial charge is 0.465 e. The molecule has 0 unspecified atom stereocenters. The lowest BCUT2D eigenvalue weighted by Gasteiger charge is -2.72. The van der Waals surface area contributed by atoms with Crippen LogP contribution in [-0.2, 0) is 38.7 Å². The normalized spacial score (nSPS) is 39.7. The van der Waals surface area contributed by atoms with Crippen LogP contribution < -0.4 is 16.0 Å². The Morgan fingerprint density at radius 2 is 0.881 bits per heavy atom. The Labute approximate surface area is 644 Å². The minimum Gasteiger partial charge on any atom is -0.465 e. The Bertz CT molecular complexity index is 4090. The number of alkyl halides is 6. The second-order valence-corrected chi connectivity index (χ2v) is 43.0. The zero-order chi connectivity index (χ0) is 79.1. The average Bonchev–Trinajstić information content (AvgIpc) is 1.60. The molecule has 8 saturated carbocycles. The van der Waals surface area contributed by atoms with Gasteiger partial charge >= 0.3 is 36.1 Å². The molecular formula is C85H122F6N6O10S2. The third kappa shape index (κ3) is 13.9. The molecule has 2 aliphatic heterocycles. The van der Waals surface area contributed by atoms with E-state index in [1.54, 1.807) is 0 Å². The summed E-state index contributed by atoms with van der Waals surface area (Å²) in [5.41, 5.74) is 4.76. The molecule has 0 spiro atoms. The zero-order valence-electron chi connectivity index (χ0n) is 66.8. The van der Waals surface area contributed by atoms with E-state index in [0.29, 0.717) is 106 Å². The minimum absolute atomic E-state index is 0.0304. The first kappa shape index (κ1) is 82.1. The van der Waals surface area contributed by atoms with E-state index in [-0.39, 0.29) is 113 Å². The van der Waals surface area contributed by atoms with Gasteiger partial charge in [-0.05, 0) is 241 Å². The quantitative estimate of drug-likeness (QED) is 0.119. The van der Waals surface area contributed by atoms with Gasteiger partial charge in [-0.1, -0.05) is 106 Å². The van der Waals surface area contributed by atoms with E-state index in [2.05, 4.69) is 107 Å². The molecule has 2 aromatic rings. The van der Waals surface area contributed by atoms with Gasteiger partial charge in [-0.25, -0.2) is 26.4 Å². The maximum absolute atomic E-state index is 14.0. The number of halogens is 6. The number of hydrogen-bond donors (Lipinski definition) is 3. The molecule has 0 bridgehead atoms. The van der Waals surface area contributed by atoms with Gasteiger partial charge in [-0.2, -0.15) is 26.3 Å². The Morgan fingerprint density at radius 3 is 1.28 bits per heavy atom. The molecule has 16 nitrogen and oxygen atoms in total. The van der Waals surface area contributed by atoms with E-state index < -0.39 is 55.9 Å². The maximum atomic E-state index is 14.0. The molecule has 10 aliphatic carbocycles. The molecule has 18 atom stereocenters. The van der Waals surface area contributed by atoms with Crippen molar-refractivity contribution in [2.45, 2.75) is 220 Å². The monoisotopic (exact) mass is 1560 g/mol. The number of allylic oxidation sites excluding steroid dienone is 4. The van der Waals surface area contributed by atoms with Crippen molar-refractivity contribution in [3.8, 4) is 0 Å². The van der Waals surface area contributed by atoms with Crippen molar-refractivity contribution in [3.05, 3.63) is 82.9 Å². The van der Waals surface area contributed by atoms with Gasteiger partial charge < -0.3 is 40.1 Å². The predicted molar refractivity (Wildman–Crippen MR) is 411 cm³/mol. The summed E-state index contributed by atoms with van der Waals surface area (Å²) in [6.45, 7) is 29.0. The van der Waals surface area contributed by atoms with Gasteiger partial charge in [0.25, 0.3) is 0 Å². The third-order valence-corrected chi connectivity index (χ3v) is 36.8. The zero-order valence-corrected chi connectivity index (χ0v) is 68.4. The van der Waals surface area contributed by atoms with E-state index in [1.165, 1.54) is 32.4 Å². The molecule has 2 aromatic carbocycles. The summed E-state index contributed by atoms with van der Waals surface area (Å²) in [5.74, 6) is -1.86. The fraction of sp³-hybridized carbons (Fsp3) is 0.765. The van der Waals surface area contributed by atoms with Crippen molar-refractivity contribution >= 4 is 54.6 Å². The topological polar surface area (TPSA) is 201 Å². The van der Waals surface area contributed by atoms with Crippen LogP contribution in [-0.4, -0.2) is 187 Å². The summed E-state index contributed by atoms with van der Waals surface area (Å²) in [6.07, 6.45) is 11.1. The summed E-state index contributed by atoms with van der Waals surface area (Å²) in [4.78, 5) is 55.1. The molecule has 3 N–H and O–H groups in total. The second kappa shape index (κ2) is 28.8. The number of benzene rings is 2. The largest absolute Gasteiger partial charge is 0.471 e. The van der Waals surface area contributed by atoms with Gasteiger partial charge in [0.1, 0.15) is 0 Å². The van der Waals surface area contributed by atoms with E-state index in [9.17, 15) is 62.4 Å². The summed E-state index contributed by atoms with van der Waals surface area (Å²) >= 11 is 0. The fourth-order valence-electron chi connectivity index (χ4n) is 27.8. The highest BCUT2D eigenvalue weighted by Crippen LogP contribution is 2.79. The maximum Gasteiger partial charge on any atom is 0.471 e. The molecule has 12 aliphatic rings. The van der Waals surface area contributed by atoms with E-state index in [1.807, 2.05) is 48.5 Å². The number of esters is 2. The summed E-state index contributed by atoms with van der Waals surface area (Å²) in [5, 5.41) is 10.3. The molecule has 14 rings (SSSR count). The number of hydrogen-bond acceptors (Lipinski definition) is 14. The van der Waals surface area contributed by atoms with Crippen LogP contribution in [0.3, 0.4) is 0 Å². The fourth-order valence-corrected chi connectivity index (χ4v) is 30.4. The first-order chi connectivity index (χ1) is 50.8. The van der Waals surface area contributed by atoms with Crippen molar-refractivity contribution in [2.75, 3.05) is 96.6 Å². The Balaban J connectivity index is 0.000000192. The number of methoxy groups -OCH3 is 2. The van der Waals surface area contributed by atoms with E-state index in [4.69, 9.17) is 9.47 Å². The van der Waals surface area contributed by atoms with Crippen molar-refractivity contribution in [3.63, 3.8) is 0 Å². The summed E-state index contributed by atoms with van der Waals surface area (Å²) < 4.78 is 141. The summed E-state index contributed by atoms with van der Waals surface area (Å²) in [7, 11) is -1.84. The Morgan fingerprint density at radius 1 is 0.486 bits per heavy atom. The first-order valence-corrected chi connectivity index (χ1v) is 44.3. The molecule has 2 amide bonds. The van der Waals surface area contributed by atoms with Gasteiger partial charge in [0.05, 0.1) is 48.4 Å². The van der Waals surface area contributed by atoms with Crippen LogP contribution in [0.25, 0.3) is 11.1 Å². The third-order valence-electron chi connectivity index (χ3n) is 33.5. The number of ether oxygens (including phenoxy) is 2. The SMILES string of the molecule is COC(=O)c1ccc(C2=CC[C@]3(C)[C@H]4CC[C@@H]5[C@H]6[C@H](N(C)C(=O)C(F)(F)F)CC[C@]6(NCCN6CCS(=O)(=O)CC6)CC[C@@]5(C)[C@]4(C)CC[C@H]3C2(C)C)cc1.COC(=O)c1ccc(C2=CC[C@]3(C)[C@H]4CC[C@@H]5[C@H]6[C@H](NC(=O)C(F)(F)F)CC[C@]6(NCCN6CCS(=O)(=O)CC6)CC[C@@]5(C)[C@]4(C)CC[C@H]3C2(C)C)cc1. The van der Waals surface area contributed by atoms with Crippen molar-refractivity contribution in [1.82, 2.24) is 30.7 Å². The molecule has 2 saturated heterocycles. The lowest BCUT2D eigenvalue weighted by Crippen LogP contribution is -2.69. The molecule has 24 heteroatoms. The highest BCUT2D eigenvalue weighted by atomic mass is 32.2. The van der Waals surface area contributed by atoms with Crippen molar-refractivity contribution < 1.29 is 71.8 Å². The first-order valence-electron chi connectivity index (χ1n) is 40.7. The molecule has 0 radical (unpaired) electrons. The van der Waals surface area contributed by atoms with Crippen LogP contribution in [0.2, 0.25) is 0 Å². The number of rotatable bonds is 14. The number of nitrogens with one attached hydrogen (secondary N) is 3. The van der Waals surface area contributed by atoms with Crippen LogP contribution in [0.15, 0.2) is 60.7 Å². The van der Waals surface area contributed by atoms with Crippen LogP contribution in [0.1, 0.15) is 217 Å². The Hall–Kier alpha value is -4.88. The van der Waals surface area contributed by atoms with Crippen molar-refractivity contribution in [1.29, 1.82) is 0 Å². The Kier molecular flexibility index (Phi) is 21.7.